The van der Waals surface area contributed by atoms with Gasteiger partial charge in [0.05, 0.1) is 16.7 Å². The quantitative estimate of drug-likeness (QED) is 0.313. The Hall–Kier alpha value is -4.08. The second-order valence-corrected chi connectivity index (χ2v) is 11.4. The zero-order chi connectivity index (χ0) is 30.9. The smallest absolute Gasteiger partial charge is 0.422 e. The molecular formula is C26H24F6N4O5S. The number of carboxylic acids is 1. The number of carbonyl (C=O) groups is 1. The Labute approximate surface area is 236 Å². The van der Waals surface area contributed by atoms with E-state index in [9.17, 15) is 44.7 Å². The monoisotopic (exact) mass is 618 g/mol. The fourth-order valence-corrected chi connectivity index (χ4v) is 5.23. The second-order valence-electron chi connectivity index (χ2n) is 9.78. The van der Waals surface area contributed by atoms with E-state index < -0.39 is 73.8 Å². The molecule has 2 N–H and O–H groups in total. The number of anilines is 2. The molecule has 9 nitrogen and oxygen atoms in total. The summed E-state index contributed by atoms with van der Waals surface area (Å²) in [6.45, 7) is 0.446. The van der Waals surface area contributed by atoms with Crippen LogP contribution in [-0.2, 0) is 21.0 Å². The summed E-state index contributed by atoms with van der Waals surface area (Å²) in [4.78, 5) is 21.2. The number of benzene rings is 1. The Morgan fingerprint density at radius 3 is 2.29 bits per heavy atom. The molecular weight excluding hydrogens is 594 g/mol. The SMILES string of the molecule is CC1(C(=O)O)CCN(c2cccc(S(=O)(=O)Nc3ccc(C(F)(F)F)c(-c4ccccc4OCC(F)(F)F)n3)n2)CC1. The summed E-state index contributed by atoms with van der Waals surface area (Å²) in [5, 5.41) is 8.95. The van der Waals surface area contributed by atoms with Crippen molar-refractivity contribution in [3.05, 3.63) is 60.2 Å². The summed E-state index contributed by atoms with van der Waals surface area (Å²) < 4.78 is 113. The van der Waals surface area contributed by atoms with Gasteiger partial charge in [-0.05, 0) is 56.2 Å². The number of nitrogens with one attached hydrogen (secondary N) is 1. The molecule has 0 atom stereocenters. The molecule has 3 heterocycles. The van der Waals surface area contributed by atoms with E-state index in [4.69, 9.17) is 4.74 Å². The first kappa shape index (κ1) is 30.9. The van der Waals surface area contributed by atoms with Crippen LogP contribution in [0.3, 0.4) is 0 Å². The van der Waals surface area contributed by atoms with Gasteiger partial charge in [0.25, 0.3) is 10.0 Å². The van der Waals surface area contributed by atoms with Gasteiger partial charge in [0.1, 0.15) is 17.4 Å². The van der Waals surface area contributed by atoms with Gasteiger partial charge in [0.2, 0.25) is 0 Å². The minimum Gasteiger partial charge on any atom is -0.483 e. The molecule has 1 aromatic carbocycles. The van der Waals surface area contributed by atoms with Crippen molar-refractivity contribution in [1.82, 2.24) is 9.97 Å². The van der Waals surface area contributed by atoms with Crippen molar-refractivity contribution in [3.63, 3.8) is 0 Å². The van der Waals surface area contributed by atoms with E-state index in [0.29, 0.717) is 32.0 Å². The third kappa shape index (κ3) is 7.03. The number of carboxylic acid groups (broad SMARTS) is 1. The molecule has 0 amide bonds. The van der Waals surface area contributed by atoms with Gasteiger partial charge in [-0.3, -0.25) is 9.52 Å². The van der Waals surface area contributed by atoms with E-state index in [2.05, 4.69) is 14.7 Å². The van der Waals surface area contributed by atoms with Crippen molar-refractivity contribution in [2.75, 3.05) is 29.3 Å². The van der Waals surface area contributed by atoms with Crippen LogP contribution in [0.25, 0.3) is 11.3 Å². The van der Waals surface area contributed by atoms with Gasteiger partial charge in [0.15, 0.2) is 11.6 Å². The zero-order valence-corrected chi connectivity index (χ0v) is 22.6. The lowest BCUT2D eigenvalue weighted by molar-refractivity contribution is -0.153. The molecule has 3 aromatic rings. The third-order valence-electron chi connectivity index (χ3n) is 6.66. The predicted molar refractivity (Wildman–Crippen MR) is 138 cm³/mol. The number of ether oxygens (including phenoxy) is 1. The van der Waals surface area contributed by atoms with Crippen LogP contribution in [0.4, 0.5) is 38.0 Å². The number of alkyl halides is 6. The molecule has 4 rings (SSSR count). The number of para-hydroxylation sites is 1. The topological polar surface area (TPSA) is 122 Å². The molecule has 1 fully saturated rings. The van der Waals surface area contributed by atoms with Crippen LogP contribution in [-0.4, -0.2) is 55.3 Å². The van der Waals surface area contributed by atoms with E-state index in [-0.39, 0.29) is 5.82 Å². The number of aromatic nitrogens is 2. The van der Waals surface area contributed by atoms with Gasteiger partial charge >= 0.3 is 18.3 Å². The van der Waals surface area contributed by atoms with E-state index in [1.807, 2.05) is 0 Å². The van der Waals surface area contributed by atoms with Crippen molar-refractivity contribution in [3.8, 4) is 17.0 Å². The lowest BCUT2D eigenvalue weighted by Gasteiger charge is -2.37. The predicted octanol–water partition coefficient (Wildman–Crippen LogP) is 5.60. The highest BCUT2D eigenvalue weighted by Crippen LogP contribution is 2.40. The van der Waals surface area contributed by atoms with E-state index in [1.165, 1.54) is 24.3 Å². The molecule has 1 saturated heterocycles. The number of piperidine rings is 1. The fraction of sp³-hybridized carbons (Fsp3) is 0.346. The van der Waals surface area contributed by atoms with Crippen molar-refractivity contribution in [2.24, 2.45) is 5.41 Å². The van der Waals surface area contributed by atoms with Crippen LogP contribution in [0.5, 0.6) is 5.75 Å². The molecule has 1 aliphatic rings. The van der Waals surface area contributed by atoms with Crippen molar-refractivity contribution in [1.29, 1.82) is 0 Å². The Morgan fingerprint density at radius 2 is 1.67 bits per heavy atom. The first-order chi connectivity index (χ1) is 19.5. The maximum atomic E-state index is 13.8. The van der Waals surface area contributed by atoms with Crippen molar-refractivity contribution < 1.29 is 49.4 Å². The highest BCUT2D eigenvalue weighted by Gasteiger charge is 2.38. The maximum absolute atomic E-state index is 13.8. The zero-order valence-electron chi connectivity index (χ0n) is 21.8. The van der Waals surface area contributed by atoms with Gasteiger partial charge in [-0.25, -0.2) is 9.97 Å². The van der Waals surface area contributed by atoms with Crippen LogP contribution in [0.2, 0.25) is 0 Å². The van der Waals surface area contributed by atoms with Crippen LogP contribution in [0.15, 0.2) is 59.6 Å². The summed E-state index contributed by atoms with van der Waals surface area (Å²) in [6.07, 6.45) is -9.16. The summed E-state index contributed by atoms with van der Waals surface area (Å²) >= 11 is 0. The van der Waals surface area contributed by atoms with Gasteiger partial charge in [-0.2, -0.15) is 34.8 Å². The van der Waals surface area contributed by atoms with Gasteiger partial charge in [-0.1, -0.05) is 18.2 Å². The first-order valence-electron chi connectivity index (χ1n) is 12.3. The van der Waals surface area contributed by atoms with Crippen molar-refractivity contribution >= 4 is 27.6 Å². The molecule has 0 aliphatic carbocycles. The Morgan fingerprint density at radius 1 is 1.00 bits per heavy atom. The van der Waals surface area contributed by atoms with Gasteiger partial charge < -0.3 is 14.7 Å². The number of hydrogen-bond acceptors (Lipinski definition) is 7. The van der Waals surface area contributed by atoms with Gasteiger partial charge in [-0.15, -0.1) is 0 Å². The number of rotatable bonds is 8. The number of pyridine rings is 2. The standard InChI is InChI=1S/C26H24F6N4O5S/c1-24(23(37)38)11-13-36(14-12-24)20-7-4-8-21(34-20)42(39,40)35-19-10-9-17(26(30,31)32)22(33-19)16-5-2-3-6-18(16)41-15-25(27,28)29/h2-10H,11-15H2,1H3,(H,33,35)(H,37,38). The van der Waals surface area contributed by atoms with Crippen LogP contribution in [0.1, 0.15) is 25.3 Å². The molecule has 0 bridgehead atoms. The number of halogens is 6. The highest BCUT2D eigenvalue weighted by atomic mass is 32.2. The molecule has 2 aromatic heterocycles. The average Bonchev–Trinajstić information content (AvgIpc) is 2.91. The third-order valence-corrected chi connectivity index (χ3v) is 7.92. The molecule has 226 valence electrons. The average molecular weight is 619 g/mol. The summed E-state index contributed by atoms with van der Waals surface area (Å²) in [7, 11) is -4.50. The maximum Gasteiger partial charge on any atom is 0.422 e. The Kier molecular flexibility index (Phi) is 8.31. The Bertz CT molecular complexity index is 1570. The van der Waals surface area contributed by atoms with Crippen LogP contribution >= 0.6 is 0 Å². The number of hydrogen-bond donors (Lipinski definition) is 2. The molecule has 0 unspecified atom stereocenters. The lowest BCUT2D eigenvalue weighted by atomic mass is 9.80. The molecule has 16 heteroatoms. The summed E-state index contributed by atoms with van der Waals surface area (Å²) in [5.74, 6) is -1.77. The first-order valence-corrected chi connectivity index (χ1v) is 13.8. The van der Waals surface area contributed by atoms with E-state index in [0.717, 1.165) is 24.3 Å². The second kappa shape index (κ2) is 11.3. The normalized spacial score (nSPS) is 15.7. The minimum absolute atomic E-state index is 0.252. The summed E-state index contributed by atoms with van der Waals surface area (Å²) in [5.41, 5.74) is -3.54. The number of aliphatic carboxylic acids is 1. The van der Waals surface area contributed by atoms with E-state index >= 15 is 0 Å². The molecule has 1 aliphatic heterocycles. The fourth-order valence-electron chi connectivity index (χ4n) is 4.26. The number of nitrogens with zero attached hydrogens (tertiary/aromatic N) is 3. The minimum atomic E-state index is -4.99. The molecule has 0 saturated carbocycles. The van der Waals surface area contributed by atoms with Gasteiger partial charge in [0, 0.05) is 18.7 Å². The summed E-state index contributed by atoms with van der Waals surface area (Å²) in [6, 6.07) is 10.1. The molecule has 0 radical (unpaired) electrons. The van der Waals surface area contributed by atoms with Crippen LogP contribution in [0, 0.1) is 5.41 Å². The van der Waals surface area contributed by atoms with Crippen LogP contribution < -0.4 is 14.4 Å². The largest absolute Gasteiger partial charge is 0.483 e. The molecule has 42 heavy (non-hydrogen) atoms. The lowest BCUT2D eigenvalue weighted by Crippen LogP contribution is -2.43. The molecule has 0 spiro atoms. The Balaban J connectivity index is 1.64. The number of sulfonamides is 1. The highest BCUT2D eigenvalue weighted by molar-refractivity contribution is 7.92. The van der Waals surface area contributed by atoms with Crippen molar-refractivity contribution in [2.45, 2.75) is 37.1 Å². The van der Waals surface area contributed by atoms with E-state index in [1.54, 1.807) is 11.8 Å².